The summed E-state index contributed by atoms with van der Waals surface area (Å²) in [4.78, 5) is 0. The lowest BCUT2D eigenvalue weighted by Crippen LogP contribution is -1.92. The zero-order valence-electron chi connectivity index (χ0n) is 7.38. The summed E-state index contributed by atoms with van der Waals surface area (Å²) in [5, 5.41) is 8.64. The van der Waals surface area contributed by atoms with Crippen molar-refractivity contribution in [3.8, 4) is 0 Å². The van der Waals surface area contributed by atoms with Crippen LogP contribution in [0.15, 0.2) is 24.3 Å². The minimum atomic E-state index is 0. The van der Waals surface area contributed by atoms with Crippen molar-refractivity contribution < 1.29 is 10.6 Å². The van der Waals surface area contributed by atoms with E-state index in [0.717, 1.165) is 6.42 Å². The van der Waals surface area contributed by atoms with Crippen LogP contribution < -0.4 is 6.15 Å². The SMILES string of the molecule is Cc1ccccc1CCO.N.O. The molecule has 0 radical (unpaired) electrons. The lowest BCUT2D eigenvalue weighted by atomic mass is 10.1. The Morgan fingerprint density at radius 1 is 1.25 bits per heavy atom. The van der Waals surface area contributed by atoms with Crippen LogP contribution >= 0.6 is 0 Å². The molecule has 0 bridgehead atoms. The maximum absolute atomic E-state index is 8.64. The fraction of sp³-hybridized carbons (Fsp3) is 0.333. The van der Waals surface area contributed by atoms with Crippen LogP contribution in [-0.2, 0) is 6.42 Å². The monoisotopic (exact) mass is 171 g/mol. The highest BCUT2D eigenvalue weighted by Gasteiger charge is 1.93. The molecule has 6 N–H and O–H groups in total. The Labute approximate surface area is 72.9 Å². The van der Waals surface area contributed by atoms with E-state index in [2.05, 4.69) is 13.0 Å². The lowest BCUT2D eigenvalue weighted by Gasteiger charge is -2.00. The van der Waals surface area contributed by atoms with Crippen molar-refractivity contribution in [1.82, 2.24) is 6.15 Å². The van der Waals surface area contributed by atoms with Crippen molar-refractivity contribution >= 4 is 0 Å². The molecule has 0 saturated heterocycles. The number of aliphatic hydroxyl groups excluding tert-OH is 1. The minimum absolute atomic E-state index is 0. The molecule has 0 saturated carbocycles. The number of rotatable bonds is 2. The van der Waals surface area contributed by atoms with Crippen LogP contribution in [0.1, 0.15) is 11.1 Å². The Bertz CT molecular complexity index is 213. The van der Waals surface area contributed by atoms with Gasteiger partial charge in [0.05, 0.1) is 0 Å². The van der Waals surface area contributed by atoms with E-state index in [9.17, 15) is 0 Å². The molecule has 0 aromatic heterocycles. The Morgan fingerprint density at radius 2 is 1.83 bits per heavy atom. The molecule has 3 nitrogen and oxygen atoms in total. The molecule has 1 aromatic carbocycles. The van der Waals surface area contributed by atoms with Crippen molar-refractivity contribution in [2.45, 2.75) is 13.3 Å². The van der Waals surface area contributed by atoms with E-state index in [1.165, 1.54) is 11.1 Å². The largest absolute Gasteiger partial charge is 0.412 e. The summed E-state index contributed by atoms with van der Waals surface area (Å²) in [5.74, 6) is 0. The molecule has 0 aliphatic carbocycles. The van der Waals surface area contributed by atoms with E-state index < -0.39 is 0 Å². The fourth-order valence-electron chi connectivity index (χ4n) is 1.01. The topological polar surface area (TPSA) is 86.7 Å². The second-order valence-electron chi connectivity index (χ2n) is 2.40. The van der Waals surface area contributed by atoms with E-state index in [1.807, 2.05) is 18.2 Å². The lowest BCUT2D eigenvalue weighted by molar-refractivity contribution is 0.299. The molecule has 0 unspecified atom stereocenters. The number of benzene rings is 1. The highest BCUT2D eigenvalue weighted by molar-refractivity contribution is 5.25. The standard InChI is InChI=1S/C9H12O.H3N.H2O/c1-8-4-2-3-5-9(8)6-7-10;;/h2-5,10H,6-7H2,1H3;1H3;1H2. The van der Waals surface area contributed by atoms with E-state index in [0.29, 0.717) is 0 Å². The van der Waals surface area contributed by atoms with Crippen molar-refractivity contribution in [2.75, 3.05) is 6.61 Å². The zero-order chi connectivity index (χ0) is 7.40. The summed E-state index contributed by atoms with van der Waals surface area (Å²) in [5.41, 5.74) is 2.50. The first-order valence-corrected chi connectivity index (χ1v) is 3.50. The van der Waals surface area contributed by atoms with Crippen LogP contribution in [-0.4, -0.2) is 17.2 Å². The van der Waals surface area contributed by atoms with Gasteiger partial charge < -0.3 is 16.7 Å². The van der Waals surface area contributed by atoms with Crippen LogP contribution in [0.4, 0.5) is 0 Å². The summed E-state index contributed by atoms with van der Waals surface area (Å²) in [6.45, 7) is 2.30. The van der Waals surface area contributed by atoms with Gasteiger partial charge in [0, 0.05) is 6.61 Å². The molecule has 0 spiro atoms. The molecule has 0 heterocycles. The third-order valence-corrected chi connectivity index (χ3v) is 1.64. The van der Waals surface area contributed by atoms with Gasteiger partial charge in [0.25, 0.3) is 0 Å². The van der Waals surface area contributed by atoms with Crippen molar-refractivity contribution in [3.05, 3.63) is 35.4 Å². The Balaban J connectivity index is 0. The van der Waals surface area contributed by atoms with Crippen molar-refractivity contribution in [2.24, 2.45) is 0 Å². The average Bonchev–Trinajstić information content (AvgIpc) is 1.94. The van der Waals surface area contributed by atoms with Gasteiger partial charge in [-0.25, -0.2) is 0 Å². The number of hydrogen-bond acceptors (Lipinski definition) is 2. The maximum Gasteiger partial charge on any atom is 0.0471 e. The van der Waals surface area contributed by atoms with Gasteiger partial charge in [-0.15, -0.1) is 0 Å². The van der Waals surface area contributed by atoms with E-state index in [4.69, 9.17) is 5.11 Å². The van der Waals surface area contributed by atoms with Gasteiger partial charge >= 0.3 is 0 Å². The number of aryl methyl sites for hydroxylation is 1. The first kappa shape index (κ1) is 13.7. The first-order valence-electron chi connectivity index (χ1n) is 3.50. The molecule has 0 aliphatic heterocycles. The second-order valence-corrected chi connectivity index (χ2v) is 2.40. The van der Waals surface area contributed by atoms with Gasteiger partial charge in [-0.2, -0.15) is 0 Å². The highest BCUT2D eigenvalue weighted by atomic mass is 16.2. The summed E-state index contributed by atoms with van der Waals surface area (Å²) in [6.07, 6.45) is 0.771. The van der Waals surface area contributed by atoms with Gasteiger partial charge in [0.2, 0.25) is 0 Å². The Morgan fingerprint density at radius 3 is 2.33 bits per heavy atom. The molecular weight excluding hydrogens is 154 g/mol. The van der Waals surface area contributed by atoms with Crippen LogP contribution in [0.25, 0.3) is 0 Å². The van der Waals surface area contributed by atoms with Crippen molar-refractivity contribution in [1.29, 1.82) is 0 Å². The second kappa shape index (κ2) is 6.79. The number of hydrogen-bond donors (Lipinski definition) is 2. The molecule has 1 rings (SSSR count). The molecule has 0 fully saturated rings. The van der Waals surface area contributed by atoms with E-state index >= 15 is 0 Å². The molecule has 3 heteroatoms. The summed E-state index contributed by atoms with van der Waals surface area (Å²) >= 11 is 0. The third-order valence-electron chi connectivity index (χ3n) is 1.64. The molecule has 0 aliphatic rings. The van der Waals surface area contributed by atoms with Crippen molar-refractivity contribution in [3.63, 3.8) is 0 Å². The molecule has 1 aromatic rings. The first-order chi connectivity index (χ1) is 4.84. The molecule has 70 valence electrons. The minimum Gasteiger partial charge on any atom is -0.412 e. The van der Waals surface area contributed by atoms with Crippen LogP contribution in [0.2, 0.25) is 0 Å². The normalized spacial score (nSPS) is 8.17. The Hall–Kier alpha value is -0.900. The Kier molecular flexibility index (Phi) is 7.73. The van der Waals surface area contributed by atoms with Gasteiger partial charge in [-0.1, -0.05) is 24.3 Å². The van der Waals surface area contributed by atoms with Gasteiger partial charge in [0.1, 0.15) is 0 Å². The van der Waals surface area contributed by atoms with Crippen LogP contribution in [0, 0.1) is 6.92 Å². The summed E-state index contributed by atoms with van der Waals surface area (Å²) in [7, 11) is 0. The zero-order valence-corrected chi connectivity index (χ0v) is 7.38. The molecule has 0 atom stereocenters. The van der Waals surface area contributed by atoms with E-state index in [-0.39, 0.29) is 18.2 Å². The van der Waals surface area contributed by atoms with Gasteiger partial charge in [-0.05, 0) is 24.5 Å². The van der Waals surface area contributed by atoms with Crippen LogP contribution in [0.3, 0.4) is 0 Å². The predicted molar refractivity (Wildman–Crippen MR) is 50.6 cm³/mol. The molecule has 12 heavy (non-hydrogen) atoms. The third kappa shape index (κ3) is 3.48. The predicted octanol–water partition coefficient (Wildman–Crippen LogP) is 0.867. The quantitative estimate of drug-likeness (QED) is 0.691. The van der Waals surface area contributed by atoms with E-state index in [1.54, 1.807) is 0 Å². The molecule has 0 amide bonds. The smallest absolute Gasteiger partial charge is 0.0471 e. The van der Waals surface area contributed by atoms with Gasteiger partial charge in [0.15, 0.2) is 0 Å². The highest BCUT2D eigenvalue weighted by Crippen LogP contribution is 2.06. The van der Waals surface area contributed by atoms with Gasteiger partial charge in [-0.3, -0.25) is 0 Å². The molecular formula is C9H17NO2. The fourth-order valence-corrected chi connectivity index (χ4v) is 1.01. The summed E-state index contributed by atoms with van der Waals surface area (Å²) in [6, 6.07) is 8.12. The number of aliphatic hydroxyl groups is 1. The summed E-state index contributed by atoms with van der Waals surface area (Å²) < 4.78 is 0. The van der Waals surface area contributed by atoms with Crippen LogP contribution in [0.5, 0.6) is 0 Å². The average molecular weight is 171 g/mol. The maximum atomic E-state index is 8.64.